The molecule has 10 heteroatoms. The summed E-state index contributed by atoms with van der Waals surface area (Å²) in [6.45, 7) is 9.22. The number of ether oxygens (including phenoxy) is 3. The number of hydrogen-bond donors (Lipinski definition) is 0. The monoisotopic (exact) mass is 563 g/mol. The summed E-state index contributed by atoms with van der Waals surface area (Å²) < 4.78 is 19.0. The third-order valence-corrected chi connectivity index (χ3v) is 8.44. The quantitative estimate of drug-likeness (QED) is 0.406. The van der Waals surface area contributed by atoms with E-state index in [1.54, 1.807) is 0 Å². The molecule has 1 aromatic heterocycles. The number of likely N-dealkylation sites (tertiary alicyclic amines) is 1. The summed E-state index contributed by atoms with van der Waals surface area (Å²) in [5.74, 6) is 1.38. The lowest BCUT2D eigenvalue weighted by Crippen LogP contribution is -2.54. The lowest BCUT2D eigenvalue weighted by Gasteiger charge is -2.40. The van der Waals surface area contributed by atoms with Crippen LogP contribution in [0.5, 0.6) is 17.6 Å². The van der Waals surface area contributed by atoms with Gasteiger partial charge in [0.05, 0.1) is 0 Å². The standard InChI is InChI=1S/C30H34ClN5O4/c1-4-25(37)36-15-14-35(16-19(36)2)28-27-29(33-30(32-28)39-17-21-10-7-13-34(21)3)40-24(18-38-27)22-11-5-8-20-9-6-12-23(31)26(20)22/h4-6,8-9,11-12,19,21,24H,1,7,10,13-18H2,2-3H3/t19-,21+,24?/m1/s1. The fourth-order valence-corrected chi connectivity index (χ4v) is 6.20. The van der Waals surface area contributed by atoms with Crippen molar-refractivity contribution in [3.63, 3.8) is 0 Å². The van der Waals surface area contributed by atoms with Gasteiger partial charge in [0.25, 0.3) is 5.88 Å². The summed E-state index contributed by atoms with van der Waals surface area (Å²) in [6.07, 6.45) is 3.18. The number of amides is 1. The molecule has 1 amide bonds. The first kappa shape index (κ1) is 26.7. The Balaban J connectivity index is 1.33. The summed E-state index contributed by atoms with van der Waals surface area (Å²) in [5, 5.41) is 2.64. The van der Waals surface area contributed by atoms with Gasteiger partial charge >= 0.3 is 6.01 Å². The Morgan fingerprint density at radius 2 is 2.02 bits per heavy atom. The molecular formula is C30H34ClN5O4. The SMILES string of the molecule is C=CC(=O)N1CCN(c2nc(OC[C@@H]3CCCN3C)nc3c2OCC(c2cccc4cccc(Cl)c24)O3)C[C@H]1C. The van der Waals surface area contributed by atoms with Crippen molar-refractivity contribution >= 4 is 34.1 Å². The molecule has 2 saturated heterocycles. The molecule has 3 atom stereocenters. The number of benzene rings is 2. The van der Waals surface area contributed by atoms with Crippen molar-refractivity contribution in [2.24, 2.45) is 0 Å². The molecule has 0 N–H and O–H groups in total. The summed E-state index contributed by atoms with van der Waals surface area (Å²) in [7, 11) is 2.11. The first-order valence-corrected chi connectivity index (χ1v) is 14.2. The molecule has 4 heterocycles. The maximum atomic E-state index is 12.3. The highest BCUT2D eigenvalue weighted by molar-refractivity contribution is 6.35. The van der Waals surface area contributed by atoms with E-state index in [9.17, 15) is 4.79 Å². The first-order chi connectivity index (χ1) is 19.4. The highest BCUT2D eigenvalue weighted by atomic mass is 35.5. The molecule has 1 unspecified atom stereocenters. The average molecular weight is 564 g/mol. The zero-order valence-corrected chi connectivity index (χ0v) is 23.6. The van der Waals surface area contributed by atoms with Crippen LogP contribution in [-0.2, 0) is 4.79 Å². The number of carbonyl (C=O) groups excluding carboxylic acids is 1. The number of halogens is 1. The predicted octanol–water partition coefficient (Wildman–Crippen LogP) is 4.49. The Labute approximate surface area is 239 Å². The molecule has 0 saturated carbocycles. The number of likely N-dealkylation sites (N-methyl/N-ethyl adjacent to an activating group) is 1. The molecule has 0 radical (unpaired) electrons. The van der Waals surface area contributed by atoms with Gasteiger partial charge in [0.15, 0.2) is 11.9 Å². The number of anilines is 1. The van der Waals surface area contributed by atoms with E-state index < -0.39 is 6.10 Å². The van der Waals surface area contributed by atoms with Crippen molar-refractivity contribution in [1.82, 2.24) is 19.8 Å². The Hall–Kier alpha value is -3.56. The second-order valence-electron chi connectivity index (χ2n) is 10.7. The minimum absolute atomic E-state index is 0.0311. The van der Waals surface area contributed by atoms with Gasteiger partial charge in [0, 0.05) is 47.7 Å². The van der Waals surface area contributed by atoms with Crippen molar-refractivity contribution in [2.45, 2.75) is 38.0 Å². The van der Waals surface area contributed by atoms with Gasteiger partial charge in [0.2, 0.25) is 11.7 Å². The predicted molar refractivity (Wildman–Crippen MR) is 155 cm³/mol. The minimum Gasteiger partial charge on any atom is -0.481 e. The second kappa shape index (κ2) is 11.1. The second-order valence-corrected chi connectivity index (χ2v) is 11.1. The molecule has 3 aromatic rings. The summed E-state index contributed by atoms with van der Waals surface area (Å²) >= 11 is 6.62. The number of piperazine rings is 1. The van der Waals surface area contributed by atoms with Crippen LogP contribution in [0.3, 0.4) is 0 Å². The molecule has 9 nitrogen and oxygen atoms in total. The van der Waals surface area contributed by atoms with Crippen LogP contribution in [0.1, 0.15) is 31.4 Å². The molecule has 210 valence electrons. The van der Waals surface area contributed by atoms with Crippen LogP contribution >= 0.6 is 11.6 Å². The maximum Gasteiger partial charge on any atom is 0.322 e. The van der Waals surface area contributed by atoms with E-state index in [1.807, 2.05) is 48.2 Å². The number of nitrogens with zero attached hydrogens (tertiary/aromatic N) is 5. The molecule has 0 aliphatic carbocycles. The molecule has 0 spiro atoms. The zero-order valence-electron chi connectivity index (χ0n) is 22.9. The normalized spacial score (nSPS) is 22.9. The van der Waals surface area contributed by atoms with Crippen molar-refractivity contribution in [3.8, 4) is 17.6 Å². The number of fused-ring (bicyclic) bond motifs is 2. The van der Waals surface area contributed by atoms with Gasteiger partial charge in [0.1, 0.15) is 13.2 Å². The lowest BCUT2D eigenvalue weighted by molar-refractivity contribution is -0.128. The molecule has 40 heavy (non-hydrogen) atoms. The lowest BCUT2D eigenvalue weighted by atomic mass is 10.00. The molecule has 3 aliphatic rings. The number of rotatable bonds is 6. The Morgan fingerprint density at radius 3 is 2.77 bits per heavy atom. The smallest absolute Gasteiger partial charge is 0.322 e. The summed E-state index contributed by atoms with van der Waals surface area (Å²) in [6, 6.07) is 12.4. The Bertz CT molecular complexity index is 1430. The van der Waals surface area contributed by atoms with Gasteiger partial charge in [-0.2, -0.15) is 9.97 Å². The molecular weight excluding hydrogens is 530 g/mol. The average Bonchev–Trinajstić information content (AvgIpc) is 3.39. The van der Waals surface area contributed by atoms with Crippen molar-refractivity contribution < 1.29 is 19.0 Å². The van der Waals surface area contributed by atoms with Crippen LogP contribution in [0.25, 0.3) is 10.8 Å². The molecule has 6 rings (SSSR count). The van der Waals surface area contributed by atoms with Gasteiger partial charge in [-0.3, -0.25) is 4.79 Å². The van der Waals surface area contributed by atoms with Crippen LogP contribution in [0, 0.1) is 0 Å². The first-order valence-electron chi connectivity index (χ1n) is 13.8. The number of aromatic nitrogens is 2. The van der Waals surface area contributed by atoms with E-state index in [1.165, 1.54) is 6.08 Å². The zero-order chi connectivity index (χ0) is 27.8. The van der Waals surface area contributed by atoms with Gasteiger partial charge in [-0.15, -0.1) is 0 Å². The highest BCUT2D eigenvalue weighted by Gasteiger charge is 2.35. The third-order valence-electron chi connectivity index (χ3n) is 8.12. The van der Waals surface area contributed by atoms with E-state index in [-0.39, 0.29) is 24.6 Å². The van der Waals surface area contributed by atoms with Gasteiger partial charge < -0.3 is 28.9 Å². The fourth-order valence-electron chi connectivity index (χ4n) is 5.91. The number of hydrogen-bond acceptors (Lipinski definition) is 8. The van der Waals surface area contributed by atoms with Gasteiger partial charge in [-0.05, 0) is 50.9 Å². The van der Waals surface area contributed by atoms with Gasteiger partial charge in [-0.25, -0.2) is 0 Å². The fraction of sp³-hybridized carbons (Fsp3) is 0.433. The van der Waals surface area contributed by atoms with Crippen molar-refractivity contribution in [2.75, 3.05) is 51.3 Å². The summed E-state index contributed by atoms with van der Waals surface area (Å²) in [4.78, 5) is 28.0. The third kappa shape index (κ3) is 5.04. The van der Waals surface area contributed by atoms with E-state index >= 15 is 0 Å². The minimum atomic E-state index is -0.409. The largest absolute Gasteiger partial charge is 0.481 e. The van der Waals surface area contributed by atoms with Crippen LogP contribution in [-0.4, -0.2) is 84.2 Å². The van der Waals surface area contributed by atoms with E-state index in [0.29, 0.717) is 54.8 Å². The van der Waals surface area contributed by atoms with E-state index in [4.69, 9.17) is 30.8 Å². The maximum absolute atomic E-state index is 12.3. The summed E-state index contributed by atoms with van der Waals surface area (Å²) in [5.41, 5.74) is 0.939. The topological polar surface area (TPSA) is 80.3 Å². The Morgan fingerprint density at radius 1 is 1.20 bits per heavy atom. The van der Waals surface area contributed by atoms with Crippen LogP contribution in [0.4, 0.5) is 5.82 Å². The van der Waals surface area contributed by atoms with Crippen molar-refractivity contribution in [1.29, 1.82) is 0 Å². The molecule has 3 aliphatic heterocycles. The van der Waals surface area contributed by atoms with Gasteiger partial charge in [-0.1, -0.05) is 48.5 Å². The van der Waals surface area contributed by atoms with Crippen LogP contribution in [0.15, 0.2) is 49.1 Å². The highest BCUT2D eigenvalue weighted by Crippen LogP contribution is 2.44. The molecule has 0 bridgehead atoms. The molecule has 2 aromatic carbocycles. The Kier molecular flexibility index (Phi) is 7.42. The van der Waals surface area contributed by atoms with E-state index in [0.717, 1.165) is 35.7 Å². The number of carbonyl (C=O) groups is 1. The van der Waals surface area contributed by atoms with Crippen LogP contribution in [0.2, 0.25) is 5.02 Å². The van der Waals surface area contributed by atoms with Crippen LogP contribution < -0.4 is 19.1 Å². The van der Waals surface area contributed by atoms with Crippen molar-refractivity contribution in [3.05, 3.63) is 59.6 Å². The van der Waals surface area contributed by atoms with E-state index in [2.05, 4.69) is 28.4 Å². The molecule has 2 fully saturated rings.